The minimum Gasteiger partial charge on any atom is -0.497 e. The minimum atomic E-state index is -0.463. The quantitative estimate of drug-likeness (QED) is 0.859. The molecule has 0 radical (unpaired) electrons. The fourth-order valence-corrected chi connectivity index (χ4v) is 3.56. The van der Waals surface area contributed by atoms with Gasteiger partial charge in [0.1, 0.15) is 23.2 Å². The topological polar surface area (TPSA) is 94.4 Å². The Morgan fingerprint density at radius 2 is 2.11 bits per heavy atom. The summed E-state index contributed by atoms with van der Waals surface area (Å²) in [5.74, 6) is 1.58. The molecule has 3 heterocycles. The van der Waals surface area contributed by atoms with Gasteiger partial charge >= 0.3 is 0 Å². The van der Waals surface area contributed by atoms with Crippen LogP contribution in [0.5, 0.6) is 11.5 Å². The molecule has 2 aliphatic rings. The monoisotopic (exact) mass is 368 g/mol. The molecule has 0 saturated carbocycles. The van der Waals surface area contributed by atoms with Gasteiger partial charge in [0.15, 0.2) is 0 Å². The van der Waals surface area contributed by atoms with E-state index in [9.17, 15) is 4.79 Å². The predicted molar refractivity (Wildman–Crippen MR) is 97.3 cm³/mol. The van der Waals surface area contributed by atoms with E-state index in [1.165, 1.54) is 0 Å². The Bertz CT molecular complexity index is 964. The number of carbonyl (C=O) groups is 1. The van der Waals surface area contributed by atoms with E-state index in [0.29, 0.717) is 35.4 Å². The normalized spacial score (nSPS) is 18.3. The van der Waals surface area contributed by atoms with Crippen molar-refractivity contribution in [2.24, 2.45) is 0 Å². The van der Waals surface area contributed by atoms with Crippen molar-refractivity contribution in [1.29, 1.82) is 0 Å². The zero-order valence-electron chi connectivity index (χ0n) is 15.4. The molecule has 1 aromatic heterocycles. The van der Waals surface area contributed by atoms with E-state index in [1.807, 2.05) is 25.1 Å². The average molecular weight is 368 g/mol. The standard InChI is InChI=1S/C18H20N6O3/c1-5-8-23-10(2)14-15(17(23)25)19-18-20-21-22-24(18)16(14)12-9-11(26-3)6-7-13(12)27-4/h6-7,9,16H,2,5,8H2,1,3-4H3,(H,19,20,22)/t16-/m1/s1. The van der Waals surface area contributed by atoms with E-state index >= 15 is 0 Å². The van der Waals surface area contributed by atoms with Crippen LogP contribution in [0.25, 0.3) is 0 Å². The fraction of sp³-hybridized carbons (Fsp3) is 0.333. The molecule has 0 saturated heterocycles. The van der Waals surface area contributed by atoms with Crippen molar-refractivity contribution in [2.45, 2.75) is 19.4 Å². The second-order valence-corrected chi connectivity index (χ2v) is 6.27. The summed E-state index contributed by atoms with van der Waals surface area (Å²) >= 11 is 0. The molecular weight excluding hydrogens is 348 g/mol. The summed E-state index contributed by atoms with van der Waals surface area (Å²) in [7, 11) is 3.20. The molecule has 4 rings (SSSR count). The first-order valence-corrected chi connectivity index (χ1v) is 8.62. The number of benzene rings is 1. The number of ether oxygens (including phenoxy) is 2. The molecule has 1 N–H and O–H groups in total. The lowest BCUT2D eigenvalue weighted by Crippen LogP contribution is -2.28. The molecule has 1 aromatic carbocycles. The van der Waals surface area contributed by atoms with Gasteiger partial charge in [-0.25, -0.2) is 0 Å². The third kappa shape index (κ3) is 2.46. The van der Waals surface area contributed by atoms with E-state index in [-0.39, 0.29) is 5.91 Å². The second-order valence-electron chi connectivity index (χ2n) is 6.27. The van der Waals surface area contributed by atoms with Gasteiger partial charge in [0.25, 0.3) is 5.91 Å². The number of nitrogens with zero attached hydrogens (tertiary/aromatic N) is 5. The first-order valence-electron chi connectivity index (χ1n) is 8.62. The Hall–Kier alpha value is -3.36. The van der Waals surface area contributed by atoms with Crippen LogP contribution in [0.2, 0.25) is 0 Å². The van der Waals surface area contributed by atoms with Crippen molar-refractivity contribution in [1.82, 2.24) is 25.1 Å². The number of tetrazole rings is 1. The van der Waals surface area contributed by atoms with Crippen LogP contribution in [0, 0.1) is 0 Å². The predicted octanol–water partition coefficient (Wildman–Crippen LogP) is 1.73. The number of amides is 1. The highest BCUT2D eigenvalue weighted by Gasteiger charge is 2.44. The number of hydrogen-bond donors (Lipinski definition) is 1. The van der Waals surface area contributed by atoms with E-state index in [2.05, 4.69) is 27.4 Å². The molecule has 0 fully saturated rings. The minimum absolute atomic E-state index is 0.127. The lowest BCUT2D eigenvalue weighted by molar-refractivity contribution is -0.124. The van der Waals surface area contributed by atoms with E-state index in [1.54, 1.807) is 23.8 Å². The maximum atomic E-state index is 12.9. The van der Waals surface area contributed by atoms with Crippen molar-refractivity contribution in [2.75, 3.05) is 26.1 Å². The van der Waals surface area contributed by atoms with Crippen molar-refractivity contribution in [3.05, 3.63) is 47.3 Å². The summed E-state index contributed by atoms with van der Waals surface area (Å²) in [6.07, 6.45) is 0.822. The van der Waals surface area contributed by atoms with Gasteiger partial charge < -0.3 is 19.7 Å². The van der Waals surface area contributed by atoms with Gasteiger partial charge in [0.05, 0.1) is 14.2 Å². The van der Waals surface area contributed by atoms with Crippen LogP contribution in [-0.4, -0.2) is 51.8 Å². The zero-order valence-corrected chi connectivity index (χ0v) is 15.4. The maximum absolute atomic E-state index is 12.9. The number of hydrogen-bond acceptors (Lipinski definition) is 7. The van der Waals surface area contributed by atoms with Gasteiger partial charge in [-0.3, -0.25) is 4.79 Å². The van der Waals surface area contributed by atoms with Crippen molar-refractivity contribution < 1.29 is 14.3 Å². The Labute approximate surface area is 156 Å². The fourth-order valence-electron chi connectivity index (χ4n) is 3.56. The van der Waals surface area contributed by atoms with Gasteiger partial charge in [0.2, 0.25) is 5.95 Å². The number of nitrogens with one attached hydrogen (secondary N) is 1. The lowest BCUT2D eigenvalue weighted by Gasteiger charge is -2.27. The van der Waals surface area contributed by atoms with Gasteiger partial charge in [-0.05, 0) is 35.0 Å². The van der Waals surface area contributed by atoms with E-state index in [4.69, 9.17) is 9.47 Å². The molecule has 1 amide bonds. The lowest BCUT2D eigenvalue weighted by atomic mass is 9.94. The first kappa shape index (κ1) is 17.1. The number of fused-ring (bicyclic) bond motifs is 1. The molecule has 0 aliphatic carbocycles. The van der Waals surface area contributed by atoms with Crippen LogP contribution >= 0.6 is 0 Å². The number of anilines is 1. The smallest absolute Gasteiger partial charge is 0.275 e. The van der Waals surface area contributed by atoms with Crippen LogP contribution < -0.4 is 14.8 Å². The third-order valence-corrected chi connectivity index (χ3v) is 4.79. The number of carbonyl (C=O) groups excluding carboxylic acids is 1. The summed E-state index contributed by atoms with van der Waals surface area (Å²) in [5, 5.41) is 14.9. The van der Waals surface area contributed by atoms with Gasteiger partial charge in [-0.15, -0.1) is 0 Å². The van der Waals surface area contributed by atoms with Gasteiger partial charge in [-0.2, -0.15) is 4.68 Å². The van der Waals surface area contributed by atoms with Crippen molar-refractivity contribution >= 4 is 11.9 Å². The highest BCUT2D eigenvalue weighted by Crippen LogP contribution is 2.46. The molecule has 9 nitrogen and oxygen atoms in total. The third-order valence-electron chi connectivity index (χ3n) is 4.79. The molecular formula is C18H20N6O3. The molecule has 9 heteroatoms. The number of rotatable bonds is 5. The Balaban J connectivity index is 1.92. The van der Waals surface area contributed by atoms with Crippen LogP contribution in [0.15, 0.2) is 41.7 Å². The Kier molecular flexibility index (Phi) is 4.06. The maximum Gasteiger partial charge on any atom is 0.275 e. The summed E-state index contributed by atoms with van der Waals surface area (Å²) < 4.78 is 12.6. The highest BCUT2D eigenvalue weighted by molar-refractivity contribution is 6.03. The van der Waals surface area contributed by atoms with Crippen molar-refractivity contribution in [3.8, 4) is 11.5 Å². The van der Waals surface area contributed by atoms with Crippen LogP contribution in [-0.2, 0) is 4.79 Å². The number of aromatic nitrogens is 4. The number of methoxy groups -OCH3 is 2. The second kappa shape index (κ2) is 6.42. The molecule has 0 spiro atoms. The number of allylic oxidation sites excluding steroid dienone is 1. The highest BCUT2D eigenvalue weighted by atomic mass is 16.5. The molecule has 1 atom stereocenters. The molecule has 0 bridgehead atoms. The average Bonchev–Trinajstić information content (AvgIpc) is 3.25. The molecule has 2 aliphatic heterocycles. The largest absolute Gasteiger partial charge is 0.497 e. The van der Waals surface area contributed by atoms with Crippen LogP contribution in [0.3, 0.4) is 0 Å². The molecule has 140 valence electrons. The van der Waals surface area contributed by atoms with Crippen molar-refractivity contribution in [3.63, 3.8) is 0 Å². The Morgan fingerprint density at radius 1 is 1.30 bits per heavy atom. The SMILES string of the molecule is C=C1C2=C(Nc3nnnn3[C@@H]2c2cc(OC)ccc2OC)C(=O)N1CCC. The van der Waals surface area contributed by atoms with E-state index < -0.39 is 6.04 Å². The van der Waals surface area contributed by atoms with Crippen LogP contribution in [0.1, 0.15) is 24.9 Å². The molecule has 2 aromatic rings. The summed E-state index contributed by atoms with van der Waals surface area (Å²) in [6.45, 7) is 6.78. The Morgan fingerprint density at radius 3 is 2.81 bits per heavy atom. The van der Waals surface area contributed by atoms with Gasteiger partial charge in [0, 0.05) is 23.4 Å². The summed E-state index contributed by atoms with van der Waals surface area (Å²) in [5.41, 5.74) is 2.61. The van der Waals surface area contributed by atoms with Crippen LogP contribution in [0.4, 0.5) is 5.95 Å². The first-order chi connectivity index (χ1) is 13.1. The zero-order chi connectivity index (χ0) is 19.1. The van der Waals surface area contributed by atoms with E-state index in [0.717, 1.165) is 17.6 Å². The molecule has 0 unspecified atom stereocenters. The van der Waals surface area contributed by atoms with Gasteiger partial charge in [-0.1, -0.05) is 18.6 Å². The molecule has 27 heavy (non-hydrogen) atoms. The summed E-state index contributed by atoms with van der Waals surface area (Å²) in [6, 6.07) is 5.04. The summed E-state index contributed by atoms with van der Waals surface area (Å²) in [4.78, 5) is 14.6.